The molecule has 0 aliphatic heterocycles. The lowest BCUT2D eigenvalue weighted by atomic mass is 10.0. The van der Waals surface area contributed by atoms with Crippen LogP contribution in [0, 0.1) is 11.6 Å². The van der Waals surface area contributed by atoms with E-state index in [1.54, 1.807) is 42.7 Å². The molecule has 0 radical (unpaired) electrons. The number of nitrogens with zero attached hydrogens (tertiary/aromatic N) is 4. The predicted molar refractivity (Wildman–Crippen MR) is 158 cm³/mol. The number of rotatable bonds is 8. The zero-order chi connectivity index (χ0) is 29.6. The average Bonchev–Trinajstić information content (AvgIpc) is 3.56. The third-order valence-electron chi connectivity index (χ3n) is 6.56. The van der Waals surface area contributed by atoms with E-state index in [0.29, 0.717) is 44.6 Å². The van der Waals surface area contributed by atoms with Gasteiger partial charge in [-0.05, 0) is 55.3 Å². The minimum absolute atomic E-state index is 0.0632. The molecule has 42 heavy (non-hydrogen) atoms. The molecule has 0 fully saturated rings. The minimum atomic E-state index is -3.46. The van der Waals surface area contributed by atoms with E-state index in [0.717, 1.165) is 11.9 Å². The Hall–Kier alpha value is -4.75. The van der Waals surface area contributed by atoms with E-state index >= 15 is 4.39 Å². The molecule has 214 valence electrons. The van der Waals surface area contributed by atoms with Crippen molar-refractivity contribution in [1.29, 1.82) is 0 Å². The molecule has 0 spiro atoms. The van der Waals surface area contributed by atoms with Crippen LogP contribution < -0.4 is 10.0 Å². The number of aromatic amines is 2. The number of H-pyrrole nitrogens is 2. The largest absolute Gasteiger partial charge is 0.382 e. The lowest BCUT2D eigenvalue weighted by Crippen LogP contribution is -2.21. The summed E-state index contributed by atoms with van der Waals surface area (Å²) >= 11 is 0. The van der Waals surface area contributed by atoms with Crippen molar-refractivity contribution in [2.45, 2.75) is 26.4 Å². The number of anilines is 1. The fraction of sp³-hybridized carbons (Fsp3) is 0.172. The number of fused-ring (bicyclic) bond motifs is 2. The van der Waals surface area contributed by atoms with Gasteiger partial charge in [0, 0.05) is 36.1 Å². The summed E-state index contributed by atoms with van der Waals surface area (Å²) in [5, 5.41) is 10.6. The number of pyridine rings is 2. The van der Waals surface area contributed by atoms with Crippen molar-refractivity contribution in [2.24, 2.45) is 0 Å². The smallest absolute Gasteiger partial charge is 0.209 e. The monoisotopic (exact) mass is 588 g/mol. The van der Waals surface area contributed by atoms with Crippen molar-refractivity contribution in [1.82, 2.24) is 34.9 Å². The quantitative estimate of drug-likeness (QED) is 0.187. The standard InChI is InChI=1S/C29H26F2N8O2S/c1-15(2)35-20-10-18(12-32-13-20)26-25(31)24-23(14-33-26)38-39-28(24)29-36-22-6-4-5-21(27(22)37-29)17-7-16(8-19(30)9-17)11-34-42(3,40)41/h4-10,12-15,34-35H,11H2,1-3H3,(H,36,37)(H,38,39). The molecule has 0 bridgehead atoms. The number of benzene rings is 2. The van der Waals surface area contributed by atoms with Crippen molar-refractivity contribution in [2.75, 3.05) is 11.6 Å². The second-order valence-electron chi connectivity index (χ2n) is 10.3. The van der Waals surface area contributed by atoms with Gasteiger partial charge in [0.1, 0.15) is 17.2 Å². The highest BCUT2D eigenvalue weighted by molar-refractivity contribution is 7.88. The maximum absolute atomic E-state index is 16.1. The second-order valence-corrected chi connectivity index (χ2v) is 12.1. The van der Waals surface area contributed by atoms with Crippen molar-refractivity contribution in [3.05, 3.63) is 78.3 Å². The topological polar surface area (TPSA) is 141 Å². The molecule has 10 nitrogen and oxygen atoms in total. The van der Waals surface area contributed by atoms with Crippen LogP contribution in [0.4, 0.5) is 14.5 Å². The van der Waals surface area contributed by atoms with Crippen LogP contribution in [0.3, 0.4) is 0 Å². The Balaban J connectivity index is 1.43. The summed E-state index contributed by atoms with van der Waals surface area (Å²) < 4.78 is 56.1. The number of nitrogens with one attached hydrogen (secondary N) is 4. The van der Waals surface area contributed by atoms with E-state index in [-0.39, 0.29) is 29.4 Å². The van der Waals surface area contributed by atoms with E-state index in [4.69, 9.17) is 4.98 Å². The van der Waals surface area contributed by atoms with E-state index in [1.807, 2.05) is 13.8 Å². The van der Waals surface area contributed by atoms with Crippen LogP contribution in [-0.2, 0) is 16.6 Å². The number of imidazole rings is 1. The molecule has 13 heteroatoms. The van der Waals surface area contributed by atoms with Crippen molar-refractivity contribution in [3.63, 3.8) is 0 Å². The van der Waals surface area contributed by atoms with Gasteiger partial charge in [-0.1, -0.05) is 12.1 Å². The molecule has 6 rings (SSSR count). The van der Waals surface area contributed by atoms with Crippen LogP contribution in [0.15, 0.2) is 61.1 Å². The van der Waals surface area contributed by atoms with Crippen LogP contribution in [0.25, 0.3) is 55.8 Å². The van der Waals surface area contributed by atoms with E-state index < -0.39 is 21.7 Å². The fourth-order valence-corrected chi connectivity index (χ4v) is 5.26. The Morgan fingerprint density at radius 2 is 1.81 bits per heavy atom. The third kappa shape index (κ3) is 5.43. The first-order valence-electron chi connectivity index (χ1n) is 13.0. The molecule has 0 atom stereocenters. The summed E-state index contributed by atoms with van der Waals surface area (Å²) in [4.78, 5) is 16.5. The molecule has 4 N–H and O–H groups in total. The Morgan fingerprint density at radius 1 is 0.976 bits per heavy atom. The molecule has 4 aromatic heterocycles. The van der Waals surface area contributed by atoms with Crippen LogP contribution >= 0.6 is 0 Å². The molecule has 0 aliphatic rings. The summed E-state index contributed by atoms with van der Waals surface area (Å²) in [6.07, 6.45) is 5.77. The Kier molecular flexibility index (Phi) is 6.91. The van der Waals surface area contributed by atoms with Gasteiger partial charge in [-0.2, -0.15) is 5.10 Å². The maximum Gasteiger partial charge on any atom is 0.209 e. The highest BCUT2D eigenvalue weighted by Gasteiger charge is 2.21. The Morgan fingerprint density at radius 3 is 2.60 bits per heavy atom. The number of aromatic nitrogens is 6. The van der Waals surface area contributed by atoms with E-state index in [1.165, 1.54) is 18.3 Å². The summed E-state index contributed by atoms with van der Waals surface area (Å²) in [5.41, 5.74) is 4.74. The lowest BCUT2D eigenvalue weighted by molar-refractivity contribution is 0.586. The van der Waals surface area contributed by atoms with Crippen LogP contribution in [0.5, 0.6) is 0 Å². The zero-order valence-electron chi connectivity index (χ0n) is 22.8. The first-order chi connectivity index (χ1) is 20.1. The summed E-state index contributed by atoms with van der Waals surface area (Å²) in [6.45, 7) is 3.93. The van der Waals surface area contributed by atoms with Gasteiger partial charge in [0.15, 0.2) is 11.6 Å². The normalized spacial score (nSPS) is 12.0. The van der Waals surface area contributed by atoms with Crippen LogP contribution in [0.1, 0.15) is 19.4 Å². The van der Waals surface area contributed by atoms with E-state index in [2.05, 4.69) is 35.2 Å². The average molecular weight is 589 g/mol. The molecule has 0 saturated heterocycles. The number of para-hydroxylation sites is 1. The minimum Gasteiger partial charge on any atom is -0.382 e. The summed E-state index contributed by atoms with van der Waals surface area (Å²) in [5.74, 6) is -0.787. The molecular formula is C29H26F2N8O2S. The molecule has 0 aliphatic carbocycles. The van der Waals surface area contributed by atoms with Gasteiger partial charge < -0.3 is 10.3 Å². The number of hydrogen-bond acceptors (Lipinski definition) is 7. The van der Waals surface area contributed by atoms with Crippen molar-refractivity contribution in [3.8, 4) is 33.9 Å². The zero-order valence-corrected chi connectivity index (χ0v) is 23.6. The van der Waals surface area contributed by atoms with Crippen molar-refractivity contribution < 1.29 is 17.2 Å². The first-order valence-corrected chi connectivity index (χ1v) is 14.9. The van der Waals surface area contributed by atoms with Crippen LogP contribution in [-0.4, -0.2) is 50.8 Å². The van der Waals surface area contributed by atoms with Crippen molar-refractivity contribution >= 4 is 37.6 Å². The molecule has 0 saturated carbocycles. The van der Waals surface area contributed by atoms with Gasteiger partial charge in [-0.3, -0.25) is 15.1 Å². The number of sulfonamides is 1. The second kappa shape index (κ2) is 10.6. The van der Waals surface area contributed by atoms with Gasteiger partial charge in [-0.15, -0.1) is 0 Å². The number of halogens is 2. The fourth-order valence-electron chi connectivity index (χ4n) is 4.83. The van der Waals surface area contributed by atoms with Gasteiger partial charge in [-0.25, -0.2) is 26.9 Å². The highest BCUT2D eigenvalue weighted by Crippen LogP contribution is 2.35. The Bertz CT molecular complexity index is 2070. The lowest BCUT2D eigenvalue weighted by Gasteiger charge is -2.11. The predicted octanol–water partition coefficient (Wildman–Crippen LogP) is 5.38. The summed E-state index contributed by atoms with van der Waals surface area (Å²) in [7, 11) is -3.46. The van der Waals surface area contributed by atoms with Gasteiger partial charge in [0.2, 0.25) is 10.0 Å². The summed E-state index contributed by atoms with van der Waals surface area (Å²) in [6, 6.07) is 11.7. The highest BCUT2D eigenvalue weighted by atomic mass is 32.2. The maximum atomic E-state index is 16.1. The SMILES string of the molecule is CC(C)Nc1cncc(-c2ncc3[nH]nc(-c4nc5c(-c6cc(F)cc(CNS(C)(=O)=O)c6)cccc5[nH]4)c3c2F)c1. The van der Waals surface area contributed by atoms with Gasteiger partial charge in [0.25, 0.3) is 0 Å². The molecule has 0 unspecified atom stereocenters. The molecule has 0 amide bonds. The van der Waals surface area contributed by atoms with E-state index in [9.17, 15) is 12.8 Å². The Labute approximate surface area is 239 Å². The van der Waals surface area contributed by atoms with Gasteiger partial charge in [0.05, 0.1) is 40.1 Å². The molecule has 6 aromatic rings. The third-order valence-corrected chi connectivity index (χ3v) is 7.22. The number of hydrogen-bond donors (Lipinski definition) is 4. The first kappa shape index (κ1) is 27.4. The molecule has 2 aromatic carbocycles. The van der Waals surface area contributed by atoms with Gasteiger partial charge >= 0.3 is 0 Å². The van der Waals surface area contributed by atoms with Crippen LogP contribution in [0.2, 0.25) is 0 Å². The molecule has 4 heterocycles. The molecular weight excluding hydrogens is 562 g/mol.